The van der Waals surface area contributed by atoms with Gasteiger partial charge in [-0.05, 0) is 25.1 Å². The second-order valence-corrected chi connectivity index (χ2v) is 5.12. The maximum atomic E-state index is 13.8. The van der Waals surface area contributed by atoms with E-state index in [1.54, 1.807) is 6.92 Å². The first-order valence-corrected chi connectivity index (χ1v) is 6.20. The van der Waals surface area contributed by atoms with E-state index < -0.39 is 17.6 Å². The van der Waals surface area contributed by atoms with Gasteiger partial charge in [0.25, 0.3) is 0 Å². The van der Waals surface area contributed by atoms with Crippen LogP contribution in [-0.4, -0.2) is 13.1 Å². The van der Waals surface area contributed by atoms with Gasteiger partial charge in [-0.3, -0.25) is 0 Å². The summed E-state index contributed by atoms with van der Waals surface area (Å²) in [6, 6.07) is 3.11. The van der Waals surface area contributed by atoms with Gasteiger partial charge in [0.05, 0.1) is 12.8 Å². The Morgan fingerprint density at radius 3 is 2.68 bits per heavy atom. The summed E-state index contributed by atoms with van der Waals surface area (Å²) in [5.74, 6) is -1.75. The molecule has 6 heteroatoms. The Balaban J connectivity index is 2.66. The smallest absolute Gasteiger partial charge is 0.350 e. The number of hydrogen-bond donors (Lipinski definition) is 1. The molecular weight excluding hydrogens is 272 g/mol. The maximum Gasteiger partial charge on any atom is 0.350 e. The predicted molar refractivity (Wildman–Crippen MR) is 70.2 cm³/mol. The van der Waals surface area contributed by atoms with Gasteiger partial charge in [-0.2, -0.15) is 0 Å². The minimum absolute atomic E-state index is 0.0430. The first kappa shape index (κ1) is 13.5. The van der Waals surface area contributed by atoms with Crippen molar-refractivity contribution in [3.05, 3.63) is 39.6 Å². The maximum absolute atomic E-state index is 13.8. The number of halogens is 2. The second-order valence-electron chi connectivity index (χ2n) is 3.89. The van der Waals surface area contributed by atoms with Crippen molar-refractivity contribution >= 4 is 23.0 Å². The number of aryl methyl sites for hydroxylation is 1. The van der Waals surface area contributed by atoms with E-state index in [0.717, 1.165) is 29.5 Å². The minimum Gasteiger partial charge on any atom is -0.465 e. The molecule has 3 nitrogen and oxygen atoms in total. The molecule has 2 rings (SSSR count). The minimum atomic E-state index is -0.592. The summed E-state index contributed by atoms with van der Waals surface area (Å²) < 4.78 is 31.6. The standard InChI is InChI=1S/C13H11F2NO2S/c1-6-10(8-5-7(14)3-4-9(8)15)11(16)12(19-6)13(17)18-2/h3-5H,16H2,1-2H3. The Bertz CT molecular complexity index is 652. The number of carbonyl (C=O) groups is 1. The van der Waals surface area contributed by atoms with Gasteiger partial charge < -0.3 is 10.5 Å². The highest BCUT2D eigenvalue weighted by Gasteiger charge is 2.22. The Kier molecular flexibility index (Phi) is 3.53. The summed E-state index contributed by atoms with van der Waals surface area (Å²) in [5.41, 5.74) is 6.34. The van der Waals surface area contributed by atoms with Gasteiger partial charge in [0.2, 0.25) is 0 Å². The van der Waals surface area contributed by atoms with Gasteiger partial charge in [0.15, 0.2) is 0 Å². The van der Waals surface area contributed by atoms with Crippen LogP contribution in [0.2, 0.25) is 0 Å². The molecule has 0 aliphatic heterocycles. The molecule has 0 amide bonds. The lowest BCUT2D eigenvalue weighted by Gasteiger charge is -2.05. The van der Waals surface area contributed by atoms with Crippen LogP contribution in [0.5, 0.6) is 0 Å². The number of benzene rings is 1. The molecule has 0 saturated heterocycles. The number of methoxy groups -OCH3 is 1. The Morgan fingerprint density at radius 1 is 1.37 bits per heavy atom. The molecule has 0 bridgehead atoms. The molecule has 100 valence electrons. The van der Waals surface area contributed by atoms with Crippen LogP contribution in [0.1, 0.15) is 14.5 Å². The molecule has 0 unspecified atom stereocenters. The average Bonchev–Trinajstić information content (AvgIpc) is 2.67. The van der Waals surface area contributed by atoms with Crippen molar-refractivity contribution in [2.24, 2.45) is 0 Å². The number of carbonyl (C=O) groups excluding carboxylic acids is 1. The van der Waals surface area contributed by atoms with E-state index in [4.69, 9.17) is 5.73 Å². The quantitative estimate of drug-likeness (QED) is 0.860. The average molecular weight is 283 g/mol. The van der Waals surface area contributed by atoms with Gasteiger partial charge >= 0.3 is 5.97 Å². The zero-order chi connectivity index (χ0) is 14.2. The number of thiophene rings is 1. The largest absolute Gasteiger partial charge is 0.465 e. The van der Waals surface area contributed by atoms with Crippen LogP contribution in [0.15, 0.2) is 18.2 Å². The molecular formula is C13H11F2NO2S. The molecule has 2 N–H and O–H groups in total. The summed E-state index contributed by atoms with van der Waals surface area (Å²) in [5, 5.41) is 0. The van der Waals surface area contributed by atoms with Crippen molar-refractivity contribution in [1.29, 1.82) is 0 Å². The fraction of sp³-hybridized carbons (Fsp3) is 0.154. The first-order chi connectivity index (χ1) is 8.95. The highest BCUT2D eigenvalue weighted by atomic mass is 32.1. The zero-order valence-electron chi connectivity index (χ0n) is 10.3. The Morgan fingerprint density at radius 2 is 2.05 bits per heavy atom. The summed E-state index contributed by atoms with van der Waals surface area (Å²) in [4.78, 5) is 12.3. The van der Waals surface area contributed by atoms with E-state index in [2.05, 4.69) is 4.74 Å². The molecule has 0 atom stereocenters. The van der Waals surface area contributed by atoms with Crippen molar-refractivity contribution in [1.82, 2.24) is 0 Å². The summed E-state index contributed by atoms with van der Waals surface area (Å²) in [6.07, 6.45) is 0. The van der Waals surface area contributed by atoms with Gasteiger partial charge in [0, 0.05) is 16.0 Å². The van der Waals surface area contributed by atoms with E-state index in [1.165, 1.54) is 7.11 Å². The fourth-order valence-electron chi connectivity index (χ4n) is 1.83. The normalized spacial score (nSPS) is 10.5. The van der Waals surface area contributed by atoms with Gasteiger partial charge in [-0.1, -0.05) is 0 Å². The van der Waals surface area contributed by atoms with Crippen molar-refractivity contribution < 1.29 is 18.3 Å². The van der Waals surface area contributed by atoms with Gasteiger partial charge in [-0.25, -0.2) is 13.6 Å². The molecule has 1 aromatic heterocycles. The number of hydrogen-bond acceptors (Lipinski definition) is 4. The molecule has 2 aromatic rings. The molecule has 19 heavy (non-hydrogen) atoms. The summed E-state index contributed by atoms with van der Waals surface area (Å²) in [6.45, 7) is 1.69. The second kappa shape index (κ2) is 4.97. The highest BCUT2D eigenvalue weighted by Crippen LogP contribution is 2.40. The molecule has 1 heterocycles. The summed E-state index contributed by atoms with van der Waals surface area (Å²) in [7, 11) is 1.24. The molecule has 0 saturated carbocycles. The molecule has 0 aliphatic rings. The fourth-order valence-corrected chi connectivity index (χ4v) is 2.84. The number of nitrogen functional groups attached to an aromatic ring is 1. The lowest BCUT2D eigenvalue weighted by Crippen LogP contribution is -2.02. The monoisotopic (exact) mass is 283 g/mol. The third kappa shape index (κ3) is 2.31. The number of rotatable bonds is 2. The van der Waals surface area contributed by atoms with Crippen molar-refractivity contribution in [3.8, 4) is 11.1 Å². The molecule has 0 spiro atoms. The summed E-state index contributed by atoms with van der Waals surface area (Å²) >= 11 is 1.09. The Labute approximate surface area is 112 Å². The van der Waals surface area contributed by atoms with Crippen LogP contribution in [-0.2, 0) is 4.74 Å². The van der Waals surface area contributed by atoms with Crippen LogP contribution < -0.4 is 5.73 Å². The van der Waals surface area contributed by atoms with Gasteiger partial charge in [0.1, 0.15) is 16.5 Å². The SMILES string of the molecule is COC(=O)c1sc(C)c(-c2cc(F)ccc2F)c1N. The van der Waals surface area contributed by atoms with Crippen LogP contribution in [0.25, 0.3) is 11.1 Å². The van der Waals surface area contributed by atoms with Crippen LogP contribution >= 0.6 is 11.3 Å². The number of nitrogens with two attached hydrogens (primary N) is 1. The van der Waals surface area contributed by atoms with Crippen LogP contribution in [0.4, 0.5) is 14.5 Å². The number of esters is 1. The van der Waals surface area contributed by atoms with E-state index in [0.29, 0.717) is 10.4 Å². The third-order valence-electron chi connectivity index (χ3n) is 2.69. The lowest BCUT2D eigenvalue weighted by molar-refractivity contribution is 0.0607. The zero-order valence-corrected chi connectivity index (χ0v) is 11.1. The molecule has 0 fully saturated rings. The first-order valence-electron chi connectivity index (χ1n) is 5.38. The van der Waals surface area contributed by atoms with Crippen LogP contribution in [0.3, 0.4) is 0 Å². The predicted octanol–water partition coefficient (Wildman–Crippen LogP) is 3.37. The Hall–Kier alpha value is -1.95. The lowest BCUT2D eigenvalue weighted by atomic mass is 10.0. The van der Waals surface area contributed by atoms with Crippen molar-refractivity contribution in [2.75, 3.05) is 12.8 Å². The van der Waals surface area contributed by atoms with Gasteiger partial charge in [-0.15, -0.1) is 11.3 Å². The molecule has 1 aromatic carbocycles. The van der Waals surface area contributed by atoms with E-state index >= 15 is 0 Å². The number of ether oxygens (including phenoxy) is 1. The molecule has 0 aliphatic carbocycles. The third-order valence-corrected chi connectivity index (χ3v) is 3.79. The van der Waals surface area contributed by atoms with Crippen molar-refractivity contribution in [3.63, 3.8) is 0 Å². The van der Waals surface area contributed by atoms with E-state index in [9.17, 15) is 13.6 Å². The van der Waals surface area contributed by atoms with E-state index in [-0.39, 0.29) is 16.1 Å². The van der Waals surface area contributed by atoms with Crippen molar-refractivity contribution in [2.45, 2.75) is 6.92 Å². The highest BCUT2D eigenvalue weighted by molar-refractivity contribution is 7.15. The van der Waals surface area contributed by atoms with Crippen LogP contribution in [0, 0.1) is 18.6 Å². The number of anilines is 1. The topological polar surface area (TPSA) is 52.3 Å². The van der Waals surface area contributed by atoms with E-state index in [1.807, 2.05) is 0 Å². The molecule has 0 radical (unpaired) electrons.